The van der Waals surface area contributed by atoms with Gasteiger partial charge in [-0.15, -0.1) is 0 Å². The molecule has 18 heavy (non-hydrogen) atoms. The van der Waals surface area contributed by atoms with Crippen molar-refractivity contribution in [1.82, 2.24) is 9.88 Å². The van der Waals surface area contributed by atoms with Gasteiger partial charge in [0.15, 0.2) is 11.6 Å². The second kappa shape index (κ2) is 6.48. The lowest BCUT2D eigenvalue weighted by Crippen LogP contribution is -2.33. The van der Waals surface area contributed by atoms with Crippen LogP contribution in [0.4, 0.5) is 10.2 Å². The van der Waals surface area contributed by atoms with Crippen LogP contribution in [0.15, 0.2) is 16.7 Å². The van der Waals surface area contributed by atoms with Crippen LogP contribution < -0.4 is 5.32 Å². The van der Waals surface area contributed by atoms with Crippen LogP contribution in [0.25, 0.3) is 0 Å². The van der Waals surface area contributed by atoms with Crippen LogP contribution in [0.2, 0.25) is 0 Å². The first kappa shape index (κ1) is 13.7. The van der Waals surface area contributed by atoms with E-state index in [1.807, 2.05) is 0 Å². The van der Waals surface area contributed by atoms with Gasteiger partial charge in [-0.3, -0.25) is 0 Å². The zero-order chi connectivity index (χ0) is 13.0. The number of hydrogen-bond donors (Lipinski definition) is 1. The van der Waals surface area contributed by atoms with Crippen molar-refractivity contribution >= 4 is 21.7 Å². The molecule has 1 fully saturated rings. The highest BCUT2D eigenvalue weighted by Gasteiger charge is 2.18. The maximum absolute atomic E-state index is 13.5. The summed E-state index contributed by atoms with van der Waals surface area (Å²) in [6.45, 7) is 1.64. The molecule has 1 heterocycles. The number of anilines is 1. The molecular formula is C13H19BrFN3. The Morgan fingerprint density at radius 3 is 2.89 bits per heavy atom. The van der Waals surface area contributed by atoms with E-state index in [-0.39, 0.29) is 5.82 Å². The van der Waals surface area contributed by atoms with E-state index in [4.69, 9.17) is 0 Å². The van der Waals surface area contributed by atoms with Gasteiger partial charge in [-0.2, -0.15) is 0 Å². The van der Waals surface area contributed by atoms with Gasteiger partial charge in [0, 0.05) is 29.8 Å². The summed E-state index contributed by atoms with van der Waals surface area (Å²) in [6, 6.07) is 2.13. The number of likely N-dealkylation sites (N-methyl/N-ethyl adjacent to an activating group) is 1. The average molecular weight is 316 g/mol. The Morgan fingerprint density at radius 1 is 1.50 bits per heavy atom. The van der Waals surface area contributed by atoms with Crippen molar-refractivity contribution in [2.45, 2.75) is 31.7 Å². The molecule has 0 atom stereocenters. The van der Waals surface area contributed by atoms with E-state index in [2.05, 4.69) is 38.2 Å². The van der Waals surface area contributed by atoms with Crippen molar-refractivity contribution in [3.63, 3.8) is 0 Å². The van der Waals surface area contributed by atoms with Crippen molar-refractivity contribution in [3.8, 4) is 0 Å². The SMILES string of the molecule is CN(CCNc1ncc(Br)cc1F)C1CCCC1. The van der Waals surface area contributed by atoms with E-state index in [1.54, 1.807) is 6.20 Å². The minimum Gasteiger partial charge on any atom is -0.366 e. The standard InChI is InChI=1S/C13H19BrFN3/c1-18(11-4-2-3-5-11)7-6-16-13-12(15)8-10(14)9-17-13/h8-9,11H,2-7H2,1H3,(H,16,17). The summed E-state index contributed by atoms with van der Waals surface area (Å²) in [7, 11) is 2.14. The lowest BCUT2D eigenvalue weighted by Gasteiger charge is -2.24. The first-order chi connectivity index (χ1) is 8.66. The van der Waals surface area contributed by atoms with Crippen LogP contribution in [-0.2, 0) is 0 Å². The number of hydrogen-bond acceptors (Lipinski definition) is 3. The Balaban J connectivity index is 1.77. The van der Waals surface area contributed by atoms with Gasteiger partial charge in [-0.25, -0.2) is 9.37 Å². The summed E-state index contributed by atoms with van der Waals surface area (Å²) in [5, 5.41) is 3.05. The smallest absolute Gasteiger partial charge is 0.166 e. The molecule has 2 rings (SSSR count). The molecule has 1 saturated carbocycles. The predicted molar refractivity (Wildman–Crippen MR) is 75.3 cm³/mol. The van der Waals surface area contributed by atoms with Gasteiger partial charge in [-0.05, 0) is 41.9 Å². The topological polar surface area (TPSA) is 28.2 Å². The van der Waals surface area contributed by atoms with E-state index in [1.165, 1.54) is 31.7 Å². The summed E-state index contributed by atoms with van der Waals surface area (Å²) in [5.74, 6) is 0.0194. The molecule has 1 aromatic rings. The summed E-state index contributed by atoms with van der Waals surface area (Å²) in [5.41, 5.74) is 0. The molecule has 5 heteroatoms. The van der Waals surface area contributed by atoms with Crippen LogP contribution >= 0.6 is 15.9 Å². The monoisotopic (exact) mass is 315 g/mol. The quantitative estimate of drug-likeness (QED) is 0.904. The van der Waals surface area contributed by atoms with Crippen LogP contribution in [-0.4, -0.2) is 36.1 Å². The predicted octanol–water partition coefficient (Wildman–Crippen LogP) is 3.27. The zero-order valence-corrected chi connectivity index (χ0v) is 12.2. The van der Waals surface area contributed by atoms with Gasteiger partial charge < -0.3 is 10.2 Å². The molecule has 0 unspecified atom stereocenters. The largest absolute Gasteiger partial charge is 0.366 e. The molecule has 100 valence electrons. The first-order valence-corrected chi connectivity index (χ1v) is 7.21. The maximum atomic E-state index is 13.5. The minimum absolute atomic E-state index is 0.312. The lowest BCUT2D eigenvalue weighted by molar-refractivity contribution is 0.254. The number of nitrogens with zero attached hydrogens (tertiary/aromatic N) is 2. The molecule has 1 N–H and O–H groups in total. The highest BCUT2D eigenvalue weighted by atomic mass is 79.9. The Bertz CT molecular complexity index is 394. The van der Waals surface area contributed by atoms with Crippen LogP contribution in [0.5, 0.6) is 0 Å². The highest BCUT2D eigenvalue weighted by Crippen LogP contribution is 2.22. The van der Waals surface area contributed by atoms with E-state index in [9.17, 15) is 4.39 Å². The number of halogens is 2. The zero-order valence-electron chi connectivity index (χ0n) is 10.6. The molecule has 0 aromatic carbocycles. The second-order valence-corrected chi connectivity index (χ2v) is 5.75. The Hall–Kier alpha value is -0.680. The fraction of sp³-hybridized carbons (Fsp3) is 0.615. The molecule has 1 aliphatic rings. The van der Waals surface area contributed by atoms with Gasteiger partial charge in [0.1, 0.15) is 0 Å². The number of rotatable bonds is 5. The molecule has 0 aliphatic heterocycles. The maximum Gasteiger partial charge on any atom is 0.166 e. The minimum atomic E-state index is -0.312. The van der Waals surface area contributed by atoms with Gasteiger partial charge >= 0.3 is 0 Å². The van der Waals surface area contributed by atoms with Crippen molar-refractivity contribution in [1.29, 1.82) is 0 Å². The summed E-state index contributed by atoms with van der Waals surface area (Å²) >= 11 is 3.19. The second-order valence-electron chi connectivity index (χ2n) is 4.83. The summed E-state index contributed by atoms with van der Waals surface area (Å²) < 4.78 is 14.2. The fourth-order valence-corrected chi connectivity index (χ4v) is 2.73. The summed E-state index contributed by atoms with van der Waals surface area (Å²) in [6.07, 6.45) is 6.87. The van der Waals surface area contributed by atoms with Crippen LogP contribution in [0.3, 0.4) is 0 Å². The lowest BCUT2D eigenvalue weighted by atomic mass is 10.2. The Labute approximate surface area is 116 Å². The molecular weight excluding hydrogens is 297 g/mol. The van der Waals surface area contributed by atoms with Crippen molar-refractivity contribution < 1.29 is 4.39 Å². The van der Waals surface area contributed by atoms with Gasteiger partial charge in [0.25, 0.3) is 0 Å². The molecule has 1 aliphatic carbocycles. The number of nitrogens with one attached hydrogen (secondary N) is 1. The van der Waals surface area contributed by atoms with E-state index in [0.717, 1.165) is 13.1 Å². The number of pyridine rings is 1. The Kier molecular flexibility index (Phi) is 4.95. The van der Waals surface area contributed by atoms with E-state index >= 15 is 0 Å². The van der Waals surface area contributed by atoms with E-state index < -0.39 is 0 Å². The van der Waals surface area contributed by atoms with Gasteiger partial charge in [-0.1, -0.05) is 12.8 Å². The van der Waals surface area contributed by atoms with Gasteiger partial charge in [0.2, 0.25) is 0 Å². The third kappa shape index (κ3) is 3.65. The van der Waals surface area contributed by atoms with Crippen molar-refractivity contribution in [2.75, 3.05) is 25.5 Å². The van der Waals surface area contributed by atoms with E-state index in [0.29, 0.717) is 16.3 Å². The third-order valence-electron chi connectivity index (χ3n) is 3.51. The fourth-order valence-electron chi connectivity index (χ4n) is 2.42. The third-order valence-corrected chi connectivity index (χ3v) is 3.95. The first-order valence-electron chi connectivity index (χ1n) is 6.42. The molecule has 1 aromatic heterocycles. The van der Waals surface area contributed by atoms with Gasteiger partial charge in [0.05, 0.1) is 0 Å². The highest BCUT2D eigenvalue weighted by molar-refractivity contribution is 9.10. The average Bonchev–Trinajstić information content (AvgIpc) is 2.85. The molecule has 0 saturated heterocycles. The number of aromatic nitrogens is 1. The molecule has 0 spiro atoms. The molecule has 0 radical (unpaired) electrons. The van der Waals surface area contributed by atoms with Crippen molar-refractivity contribution in [3.05, 3.63) is 22.6 Å². The summed E-state index contributed by atoms with van der Waals surface area (Å²) in [4.78, 5) is 6.38. The van der Waals surface area contributed by atoms with Crippen LogP contribution in [0, 0.1) is 5.82 Å². The molecule has 0 bridgehead atoms. The molecule has 0 amide bonds. The van der Waals surface area contributed by atoms with Crippen molar-refractivity contribution in [2.24, 2.45) is 0 Å². The normalized spacial score (nSPS) is 16.4. The Morgan fingerprint density at radius 2 is 2.22 bits per heavy atom. The van der Waals surface area contributed by atoms with Crippen LogP contribution in [0.1, 0.15) is 25.7 Å². The molecule has 3 nitrogen and oxygen atoms in total.